The van der Waals surface area contributed by atoms with E-state index in [1.807, 2.05) is 31.2 Å². The van der Waals surface area contributed by atoms with Crippen LogP contribution in [0.4, 0.5) is 0 Å². The molecule has 2 N–H and O–H groups in total. The number of methoxy groups -OCH3 is 1. The molecule has 1 aromatic carbocycles. The SMILES string of the molecule is COc1ccc(CC(C)(O)C2CC(C)CCN2)cc1. The van der Waals surface area contributed by atoms with Crippen LogP contribution in [0.2, 0.25) is 0 Å². The molecule has 0 saturated carbocycles. The normalized spacial score (nSPS) is 26.7. The molecule has 0 amide bonds. The first-order valence-electron chi connectivity index (χ1n) is 7.10. The van der Waals surface area contributed by atoms with Gasteiger partial charge in [0.25, 0.3) is 0 Å². The molecular formula is C16H25NO2. The molecule has 1 aliphatic rings. The predicted octanol–water partition coefficient (Wildman–Crippen LogP) is 2.38. The highest BCUT2D eigenvalue weighted by Crippen LogP contribution is 2.26. The molecule has 3 unspecified atom stereocenters. The maximum atomic E-state index is 10.7. The van der Waals surface area contributed by atoms with E-state index in [4.69, 9.17) is 4.74 Å². The summed E-state index contributed by atoms with van der Waals surface area (Å²) in [6, 6.07) is 8.13. The lowest BCUT2D eigenvalue weighted by molar-refractivity contribution is 0.00336. The molecule has 3 atom stereocenters. The lowest BCUT2D eigenvalue weighted by Gasteiger charge is -2.38. The maximum Gasteiger partial charge on any atom is 0.118 e. The first-order chi connectivity index (χ1) is 9.01. The van der Waals surface area contributed by atoms with Crippen LogP contribution in [0.25, 0.3) is 0 Å². The topological polar surface area (TPSA) is 41.5 Å². The van der Waals surface area contributed by atoms with E-state index >= 15 is 0 Å². The van der Waals surface area contributed by atoms with Crippen molar-refractivity contribution < 1.29 is 9.84 Å². The molecule has 1 heterocycles. The van der Waals surface area contributed by atoms with Crippen molar-refractivity contribution in [1.29, 1.82) is 0 Å². The van der Waals surface area contributed by atoms with Crippen LogP contribution in [0, 0.1) is 5.92 Å². The van der Waals surface area contributed by atoms with E-state index in [9.17, 15) is 5.11 Å². The van der Waals surface area contributed by atoms with Crippen molar-refractivity contribution in [3.63, 3.8) is 0 Å². The number of hydrogen-bond donors (Lipinski definition) is 2. The van der Waals surface area contributed by atoms with Crippen molar-refractivity contribution in [1.82, 2.24) is 5.32 Å². The Balaban J connectivity index is 2.02. The van der Waals surface area contributed by atoms with Gasteiger partial charge in [-0.2, -0.15) is 0 Å². The van der Waals surface area contributed by atoms with Gasteiger partial charge in [-0.05, 0) is 49.9 Å². The molecule has 3 heteroatoms. The number of hydrogen-bond acceptors (Lipinski definition) is 3. The van der Waals surface area contributed by atoms with Gasteiger partial charge in [0.15, 0.2) is 0 Å². The average Bonchev–Trinajstić information content (AvgIpc) is 2.39. The molecular weight excluding hydrogens is 238 g/mol. The van der Waals surface area contributed by atoms with Crippen LogP contribution >= 0.6 is 0 Å². The standard InChI is InChI=1S/C16H25NO2/c1-12-8-9-17-15(10-12)16(2,18)11-13-4-6-14(19-3)7-5-13/h4-7,12,15,17-18H,8-11H2,1-3H3. The fourth-order valence-corrected chi connectivity index (χ4v) is 2.86. The Morgan fingerprint density at radius 2 is 2.05 bits per heavy atom. The molecule has 3 nitrogen and oxygen atoms in total. The molecule has 0 spiro atoms. The monoisotopic (exact) mass is 263 g/mol. The van der Waals surface area contributed by atoms with Crippen LogP contribution in [0.1, 0.15) is 32.3 Å². The number of aliphatic hydroxyl groups is 1. The third-order valence-electron chi connectivity index (χ3n) is 4.14. The van der Waals surface area contributed by atoms with E-state index in [0.717, 1.165) is 24.3 Å². The van der Waals surface area contributed by atoms with Gasteiger partial charge in [0.1, 0.15) is 5.75 Å². The molecule has 19 heavy (non-hydrogen) atoms. The van der Waals surface area contributed by atoms with Gasteiger partial charge in [-0.25, -0.2) is 0 Å². The Morgan fingerprint density at radius 3 is 2.63 bits per heavy atom. The van der Waals surface area contributed by atoms with E-state index < -0.39 is 5.60 Å². The molecule has 0 aliphatic carbocycles. The van der Waals surface area contributed by atoms with Crippen LogP contribution in [-0.2, 0) is 6.42 Å². The fourth-order valence-electron chi connectivity index (χ4n) is 2.86. The van der Waals surface area contributed by atoms with E-state index in [-0.39, 0.29) is 6.04 Å². The minimum Gasteiger partial charge on any atom is -0.497 e. The third kappa shape index (κ3) is 3.71. The first kappa shape index (κ1) is 14.4. The summed E-state index contributed by atoms with van der Waals surface area (Å²) in [6.07, 6.45) is 2.92. The molecule has 1 saturated heterocycles. The number of nitrogens with one attached hydrogen (secondary N) is 1. The van der Waals surface area contributed by atoms with Crippen molar-refractivity contribution >= 4 is 0 Å². The Hall–Kier alpha value is -1.06. The Labute approximate surface area is 116 Å². The Kier molecular flexibility index (Phi) is 4.48. The van der Waals surface area contributed by atoms with Gasteiger partial charge in [-0.15, -0.1) is 0 Å². The molecule has 1 aliphatic heterocycles. The molecule has 2 rings (SSSR count). The van der Waals surface area contributed by atoms with Gasteiger partial charge in [0, 0.05) is 12.5 Å². The summed E-state index contributed by atoms with van der Waals surface area (Å²) in [4.78, 5) is 0. The molecule has 0 radical (unpaired) electrons. The van der Waals surface area contributed by atoms with Crippen LogP contribution < -0.4 is 10.1 Å². The van der Waals surface area contributed by atoms with E-state index in [1.165, 1.54) is 6.42 Å². The lowest BCUT2D eigenvalue weighted by Crippen LogP contribution is -2.53. The van der Waals surface area contributed by atoms with E-state index in [2.05, 4.69) is 12.2 Å². The smallest absolute Gasteiger partial charge is 0.118 e. The minimum absolute atomic E-state index is 0.179. The molecule has 106 valence electrons. The zero-order chi connectivity index (χ0) is 13.9. The lowest BCUT2D eigenvalue weighted by atomic mass is 9.81. The van der Waals surface area contributed by atoms with Crippen molar-refractivity contribution in [3.8, 4) is 5.75 Å². The van der Waals surface area contributed by atoms with Gasteiger partial charge in [-0.1, -0.05) is 19.1 Å². The molecule has 1 aromatic rings. The zero-order valence-corrected chi connectivity index (χ0v) is 12.1. The summed E-state index contributed by atoms with van der Waals surface area (Å²) < 4.78 is 5.15. The summed E-state index contributed by atoms with van der Waals surface area (Å²) in [6.45, 7) is 5.20. The Morgan fingerprint density at radius 1 is 1.37 bits per heavy atom. The minimum atomic E-state index is -0.705. The average molecular weight is 263 g/mol. The highest BCUT2D eigenvalue weighted by atomic mass is 16.5. The second kappa shape index (κ2) is 5.93. The van der Waals surface area contributed by atoms with E-state index in [1.54, 1.807) is 7.11 Å². The van der Waals surface area contributed by atoms with Crippen LogP contribution in [-0.4, -0.2) is 30.4 Å². The second-order valence-electron chi connectivity index (χ2n) is 6.02. The van der Waals surface area contributed by atoms with Gasteiger partial charge in [0.2, 0.25) is 0 Å². The predicted molar refractivity (Wildman–Crippen MR) is 77.5 cm³/mol. The number of benzene rings is 1. The van der Waals surface area contributed by atoms with Crippen molar-refractivity contribution in [2.75, 3.05) is 13.7 Å². The van der Waals surface area contributed by atoms with E-state index in [0.29, 0.717) is 12.3 Å². The highest BCUT2D eigenvalue weighted by Gasteiger charge is 2.34. The van der Waals surface area contributed by atoms with Crippen molar-refractivity contribution in [2.45, 2.75) is 44.8 Å². The summed E-state index contributed by atoms with van der Waals surface area (Å²) in [7, 11) is 1.67. The van der Waals surface area contributed by atoms with Gasteiger partial charge in [0.05, 0.1) is 12.7 Å². The van der Waals surface area contributed by atoms with Crippen LogP contribution in [0.15, 0.2) is 24.3 Å². The molecule has 1 fully saturated rings. The van der Waals surface area contributed by atoms with Crippen LogP contribution in [0.3, 0.4) is 0 Å². The third-order valence-corrected chi connectivity index (χ3v) is 4.14. The van der Waals surface area contributed by atoms with Gasteiger partial charge in [-0.3, -0.25) is 0 Å². The number of rotatable bonds is 4. The maximum absolute atomic E-state index is 10.7. The van der Waals surface area contributed by atoms with Crippen LogP contribution in [0.5, 0.6) is 5.75 Å². The fraction of sp³-hybridized carbons (Fsp3) is 0.625. The molecule has 0 aromatic heterocycles. The quantitative estimate of drug-likeness (QED) is 0.876. The summed E-state index contributed by atoms with van der Waals surface area (Å²) in [5, 5.41) is 14.2. The highest BCUT2D eigenvalue weighted by molar-refractivity contribution is 5.28. The summed E-state index contributed by atoms with van der Waals surface area (Å²) in [5.41, 5.74) is 0.439. The molecule has 0 bridgehead atoms. The Bertz CT molecular complexity index is 400. The number of ether oxygens (including phenoxy) is 1. The van der Waals surface area contributed by atoms with Gasteiger partial charge >= 0.3 is 0 Å². The summed E-state index contributed by atoms with van der Waals surface area (Å²) >= 11 is 0. The first-order valence-corrected chi connectivity index (χ1v) is 7.10. The summed E-state index contributed by atoms with van der Waals surface area (Å²) in [5.74, 6) is 1.54. The largest absolute Gasteiger partial charge is 0.497 e. The van der Waals surface area contributed by atoms with Gasteiger partial charge < -0.3 is 15.2 Å². The zero-order valence-electron chi connectivity index (χ0n) is 12.1. The number of piperidine rings is 1. The second-order valence-corrected chi connectivity index (χ2v) is 6.02. The van der Waals surface area contributed by atoms with Crippen molar-refractivity contribution in [3.05, 3.63) is 29.8 Å². The van der Waals surface area contributed by atoms with Crippen molar-refractivity contribution in [2.24, 2.45) is 5.92 Å².